The summed E-state index contributed by atoms with van der Waals surface area (Å²) in [5.74, 6) is 1.16. The van der Waals surface area contributed by atoms with E-state index in [4.69, 9.17) is 5.73 Å². The topological polar surface area (TPSA) is 86.7 Å². The number of aromatic nitrogens is 4. The highest BCUT2D eigenvalue weighted by Crippen LogP contribution is 2.18. The van der Waals surface area contributed by atoms with Gasteiger partial charge in [0.15, 0.2) is 5.16 Å². The van der Waals surface area contributed by atoms with Crippen molar-refractivity contribution in [2.24, 2.45) is 5.73 Å². The molecule has 2 heterocycles. The Labute approximate surface area is 119 Å². The summed E-state index contributed by atoms with van der Waals surface area (Å²) in [6.07, 6.45) is 0.873. The van der Waals surface area contributed by atoms with Gasteiger partial charge < -0.3 is 5.73 Å². The average Bonchev–Trinajstić information content (AvgIpc) is 2.89. The highest BCUT2D eigenvalue weighted by Gasteiger charge is 2.11. The lowest BCUT2D eigenvalue weighted by molar-refractivity contribution is -0.118. The highest BCUT2D eigenvalue weighted by atomic mass is 32.2. The van der Waals surface area contributed by atoms with Crippen LogP contribution in [-0.2, 0) is 17.8 Å². The molecule has 2 N–H and O–H groups in total. The van der Waals surface area contributed by atoms with Gasteiger partial charge in [0.1, 0.15) is 12.4 Å². The summed E-state index contributed by atoms with van der Waals surface area (Å²) in [6, 6.07) is 0. The van der Waals surface area contributed by atoms with E-state index in [1.165, 1.54) is 0 Å². The molecule has 2 aromatic rings. The molecule has 0 aliphatic rings. The first kappa shape index (κ1) is 14.0. The van der Waals surface area contributed by atoms with Crippen LogP contribution in [-0.4, -0.2) is 31.4 Å². The lowest BCUT2D eigenvalue weighted by Gasteiger charge is -2.04. The van der Waals surface area contributed by atoms with Crippen molar-refractivity contribution < 1.29 is 4.79 Å². The standard InChI is InChI=1S/C11H15N5OS2/c1-7-14-15-11(16(7)5-10(12)17)18-4-3-9-6-19-8(2)13-9/h6H,3-5H2,1-2H3,(H2,12,17). The molecule has 0 spiro atoms. The van der Waals surface area contributed by atoms with Crippen molar-refractivity contribution in [3.63, 3.8) is 0 Å². The summed E-state index contributed by atoms with van der Waals surface area (Å²) in [7, 11) is 0. The average molecular weight is 297 g/mol. The maximum absolute atomic E-state index is 11.0. The van der Waals surface area contributed by atoms with Crippen LogP contribution in [0.15, 0.2) is 10.5 Å². The Bertz CT molecular complexity index is 577. The van der Waals surface area contributed by atoms with Gasteiger partial charge in [-0.15, -0.1) is 21.5 Å². The van der Waals surface area contributed by atoms with E-state index < -0.39 is 0 Å². The number of hydrogen-bond acceptors (Lipinski definition) is 6. The van der Waals surface area contributed by atoms with Gasteiger partial charge in [0.2, 0.25) is 5.91 Å². The van der Waals surface area contributed by atoms with E-state index in [0.717, 1.165) is 28.0 Å². The van der Waals surface area contributed by atoms with Crippen molar-refractivity contribution >= 4 is 29.0 Å². The molecule has 0 bridgehead atoms. The van der Waals surface area contributed by atoms with E-state index in [1.807, 2.05) is 13.8 Å². The number of nitrogens with two attached hydrogens (primary N) is 1. The molecule has 0 radical (unpaired) electrons. The molecule has 0 aliphatic carbocycles. The lowest BCUT2D eigenvalue weighted by atomic mass is 10.4. The second kappa shape index (κ2) is 6.16. The van der Waals surface area contributed by atoms with Gasteiger partial charge in [-0.2, -0.15) is 0 Å². The molecular formula is C11H15N5OS2. The van der Waals surface area contributed by atoms with E-state index in [9.17, 15) is 4.79 Å². The highest BCUT2D eigenvalue weighted by molar-refractivity contribution is 7.99. The van der Waals surface area contributed by atoms with Crippen LogP contribution in [0, 0.1) is 13.8 Å². The van der Waals surface area contributed by atoms with Gasteiger partial charge in [0, 0.05) is 17.6 Å². The number of aryl methyl sites for hydroxylation is 3. The van der Waals surface area contributed by atoms with Gasteiger partial charge in [0.25, 0.3) is 0 Å². The van der Waals surface area contributed by atoms with Crippen molar-refractivity contribution in [1.29, 1.82) is 0 Å². The van der Waals surface area contributed by atoms with Gasteiger partial charge in [-0.3, -0.25) is 9.36 Å². The number of carbonyl (C=O) groups excluding carboxylic acids is 1. The van der Waals surface area contributed by atoms with Crippen LogP contribution in [0.1, 0.15) is 16.5 Å². The molecule has 0 aromatic carbocycles. The largest absolute Gasteiger partial charge is 0.368 e. The minimum absolute atomic E-state index is 0.122. The number of thioether (sulfide) groups is 1. The van der Waals surface area contributed by atoms with Crippen molar-refractivity contribution in [2.45, 2.75) is 32.0 Å². The van der Waals surface area contributed by atoms with Crippen LogP contribution < -0.4 is 5.73 Å². The summed E-state index contributed by atoms with van der Waals surface area (Å²) >= 11 is 3.21. The fourth-order valence-corrected chi connectivity index (χ4v) is 3.17. The number of hydrogen-bond donors (Lipinski definition) is 1. The smallest absolute Gasteiger partial charge is 0.237 e. The molecule has 2 aromatic heterocycles. The van der Waals surface area contributed by atoms with Gasteiger partial charge in [-0.25, -0.2) is 4.98 Å². The predicted molar refractivity (Wildman–Crippen MR) is 75.2 cm³/mol. The SMILES string of the molecule is Cc1nc(CCSc2nnc(C)n2CC(N)=O)cs1. The van der Waals surface area contributed by atoms with Crippen LogP contribution in [0.4, 0.5) is 0 Å². The molecule has 6 nitrogen and oxygen atoms in total. The molecule has 0 aliphatic heterocycles. The third-order valence-electron chi connectivity index (χ3n) is 2.47. The molecule has 0 saturated carbocycles. The van der Waals surface area contributed by atoms with Crippen molar-refractivity contribution in [2.75, 3.05) is 5.75 Å². The number of carbonyl (C=O) groups is 1. The van der Waals surface area contributed by atoms with Gasteiger partial charge in [-0.1, -0.05) is 11.8 Å². The number of amides is 1. The molecule has 0 unspecified atom stereocenters. The molecule has 1 amide bonds. The zero-order valence-corrected chi connectivity index (χ0v) is 12.4. The zero-order chi connectivity index (χ0) is 13.8. The van der Waals surface area contributed by atoms with Gasteiger partial charge >= 0.3 is 0 Å². The molecule has 0 saturated heterocycles. The Balaban J connectivity index is 1.94. The van der Waals surface area contributed by atoms with Crippen molar-refractivity contribution in [3.8, 4) is 0 Å². The Morgan fingerprint density at radius 2 is 2.26 bits per heavy atom. The van der Waals surface area contributed by atoms with Crippen molar-refractivity contribution in [3.05, 3.63) is 21.9 Å². The quantitative estimate of drug-likeness (QED) is 0.809. The molecule has 2 rings (SSSR count). The lowest BCUT2D eigenvalue weighted by Crippen LogP contribution is -2.20. The van der Waals surface area contributed by atoms with Crippen molar-refractivity contribution in [1.82, 2.24) is 19.7 Å². The number of rotatable bonds is 6. The summed E-state index contributed by atoms with van der Waals surface area (Å²) in [5.41, 5.74) is 6.30. The van der Waals surface area contributed by atoms with E-state index in [2.05, 4.69) is 20.6 Å². The molecule has 102 valence electrons. The Kier molecular flexibility index (Phi) is 4.54. The molecule has 0 fully saturated rings. The minimum Gasteiger partial charge on any atom is -0.368 e. The fraction of sp³-hybridized carbons (Fsp3) is 0.455. The van der Waals surface area contributed by atoms with Crippen LogP contribution >= 0.6 is 23.1 Å². The molecule has 0 atom stereocenters. The number of primary amides is 1. The van der Waals surface area contributed by atoms with E-state index in [0.29, 0.717) is 5.82 Å². The van der Waals surface area contributed by atoms with Crippen LogP contribution in [0.3, 0.4) is 0 Å². The van der Waals surface area contributed by atoms with Crippen LogP contribution in [0.25, 0.3) is 0 Å². The maximum atomic E-state index is 11.0. The minimum atomic E-state index is -0.389. The number of thiazole rings is 1. The first-order valence-corrected chi connectivity index (χ1v) is 7.64. The normalized spacial score (nSPS) is 10.8. The summed E-state index contributed by atoms with van der Waals surface area (Å²) < 4.78 is 1.74. The monoisotopic (exact) mass is 297 g/mol. The Hall–Kier alpha value is -1.41. The summed E-state index contributed by atoms with van der Waals surface area (Å²) in [4.78, 5) is 15.4. The third-order valence-corrected chi connectivity index (χ3v) is 4.26. The first-order chi connectivity index (χ1) is 9.06. The maximum Gasteiger partial charge on any atom is 0.237 e. The number of nitrogens with zero attached hydrogens (tertiary/aromatic N) is 4. The van der Waals surface area contributed by atoms with Gasteiger partial charge in [-0.05, 0) is 13.8 Å². The molecular weight excluding hydrogens is 282 g/mol. The van der Waals surface area contributed by atoms with Crippen LogP contribution in [0.5, 0.6) is 0 Å². The molecule has 8 heteroatoms. The van der Waals surface area contributed by atoms with Gasteiger partial charge in [0.05, 0.1) is 10.7 Å². The van der Waals surface area contributed by atoms with Crippen LogP contribution in [0.2, 0.25) is 0 Å². The second-order valence-electron chi connectivity index (χ2n) is 4.04. The van der Waals surface area contributed by atoms with E-state index in [1.54, 1.807) is 27.7 Å². The van der Waals surface area contributed by atoms with E-state index >= 15 is 0 Å². The second-order valence-corrected chi connectivity index (χ2v) is 6.16. The summed E-state index contributed by atoms with van der Waals surface area (Å²) in [5, 5.41) is 11.9. The predicted octanol–water partition coefficient (Wildman–Crippen LogP) is 1.17. The zero-order valence-electron chi connectivity index (χ0n) is 10.8. The molecule has 19 heavy (non-hydrogen) atoms. The third kappa shape index (κ3) is 3.77. The fourth-order valence-electron chi connectivity index (χ4n) is 1.58. The Morgan fingerprint density at radius 3 is 2.89 bits per heavy atom. The Morgan fingerprint density at radius 1 is 1.47 bits per heavy atom. The first-order valence-electron chi connectivity index (χ1n) is 5.78. The summed E-state index contributed by atoms with van der Waals surface area (Å²) in [6.45, 7) is 3.93. The van der Waals surface area contributed by atoms with E-state index in [-0.39, 0.29) is 12.5 Å².